The molecule has 0 spiro atoms. The molecule has 240 valence electrons. The molecule has 1 amide bonds. The molecule has 3 fully saturated rings. The molecule has 1 aliphatic carbocycles. The number of hydrogen-bond acceptors (Lipinski definition) is 7. The molecule has 45 heavy (non-hydrogen) atoms. The van der Waals surface area contributed by atoms with Crippen molar-refractivity contribution in [1.82, 2.24) is 19.8 Å². The fourth-order valence-corrected chi connectivity index (χ4v) is 7.06. The molecule has 1 aromatic carbocycles. The Balaban J connectivity index is 1.33. The highest BCUT2D eigenvalue weighted by atomic mass is 35.5. The number of piperazine rings is 1. The lowest BCUT2D eigenvalue weighted by Crippen LogP contribution is -2.56. The number of aromatic nitrogens is 2. The number of anilines is 2. The quantitative estimate of drug-likeness (QED) is 0.274. The Labute approximate surface area is 266 Å². The smallest absolute Gasteiger partial charge is 0.419 e. The summed E-state index contributed by atoms with van der Waals surface area (Å²) in [6.45, 7) is 16.1. The topological polar surface area (TPSA) is 69.4 Å². The van der Waals surface area contributed by atoms with E-state index in [1.54, 1.807) is 9.80 Å². The third-order valence-electron chi connectivity index (χ3n) is 9.38. The first kappa shape index (κ1) is 31.4. The minimum absolute atomic E-state index is 0.0150. The van der Waals surface area contributed by atoms with Gasteiger partial charge >= 0.3 is 12.2 Å². The average molecular weight is 644 g/mol. The van der Waals surface area contributed by atoms with Gasteiger partial charge in [-0.05, 0) is 69.8 Å². The minimum atomic E-state index is -4.62. The van der Waals surface area contributed by atoms with Crippen molar-refractivity contribution in [2.24, 2.45) is 0 Å². The van der Waals surface area contributed by atoms with E-state index in [0.29, 0.717) is 44.1 Å². The van der Waals surface area contributed by atoms with Crippen molar-refractivity contribution in [2.75, 3.05) is 62.2 Å². The summed E-state index contributed by atoms with van der Waals surface area (Å²) in [4.78, 5) is 33.7. The fourth-order valence-electron chi connectivity index (χ4n) is 6.78. The summed E-state index contributed by atoms with van der Waals surface area (Å²) in [5, 5.41) is -0.343. The van der Waals surface area contributed by atoms with Gasteiger partial charge in [-0.3, -0.25) is 4.79 Å². The van der Waals surface area contributed by atoms with Crippen LogP contribution in [0.25, 0.3) is 4.85 Å². The molecule has 6 rings (SSSR count). The van der Waals surface area contributed by atoms with E-state index in [-0.39, 0.29) is 47.4 Å². The summed E-state index contributed by atoms with van der Waals surface area (Å²) < 4.78 is 48.8. The molecule has 2 aromatic rings. The predicted molar refractivity (Wildman–Crippen MR) is 166 cm³/mol. The Morgan fingerprint density at radius 1 is 1.16 bits per heavy atom. The van der Waals surface area contributed by atoms with Gasteiger partial charge in [0.15, 0.2) is 0 Å². The van der Waals surface area contributed by atoms with Gasteiger partial charge in [0, 0.05) is 38.3 Å². The number of rotatable bonds is 9. The zero-order valence-corrected chi connectivity index (χ0v) is 25.9. The number of benzene rings is 1. The van der Waals surface area contributed by atoms with Gasteiger partial charge in [-0.1, -0.05) is 24.2 Å². The first-order valence-corrected chi connectivity index (χ1v) is 15.9. The monoisotopic (exact) mass is 643 g/mol. The fraction of sp³-hybridized carbons (Fsp3) is 0.562. The van der Waals surface area contributed by atoms with Crippen molar-refractivity contribution < 1.29 is 22.7 Å². The molecule has 4 aliphatic rings. The Morgan fingerprint density at radius 3 is 2.62 bits per heavy atom. The largest absolute Gasteiger partial charge is 0.457 e. The van der Waals surface area contributed by atoms with Gasteiger partial charge in [0.2, 0.25) is 12.5 Å². The average Bonchev–Trinajstić information content (AvgIpc) is 3.57. The number of hydrogen-bond donors (Lipinski definition) is 0. The number of amides is 1. The van der Waals surface area contributed by atoms with Gasteiger partial charge in [0.05, 0.1) is 28.5 Å². The molecule has 4 heterocycles. The zero-order chi connectivity index (χ0) is 31.8. The second-order valence-corrected chi connectivity index (χ2v) is 12.7. The Kier molecular flexibility index (Phi) is 8.85. The standard InChI is InChI=1S/C32H37ClF3N7O2/c1-3-27(44)43-18-17-42(20-22(43)19-37-2)29-23-9-15-41(26-8-6-7-24(33)28(26)32(34,35)36)21-25(23)38-30(39-29)45-31(10-11-31)12-16-40-13-4-5-14-40/h3,6-8,22H,1,4-5,9-21H2. The summed E-state index contributed by atoms with van der Waals surface area (Å²) >= 11 is 6.07. The summed E-state index contributed by atoms with van der Waals surface area (Å²) in [6, 6.07) is 4.10. The normalized spacial score (nSPS) is 21.3. The first-order chi connectivity index (χ1) is 21.6. The Hall–Kier alpha value is -3.56. The maximum absolute atomic E-state index is 14.1. The van der Waals surface area contributed by atoms with Crippen LogP contribution in [0.2, 0.25) is 5.02 Å². The van der Waals surface area contributed by atoms with Crippen molar-refractivity contribution in [1.29, 1.82) is 0 Å². The molecule has 1 aromatic heterocycles. The van der Waals surface area contributed by atoms with Crippen molar-refractivity contribution in [3.8, 4) is 6.01 Å². The lowest BCUT2D eigenvalue weighted by Gasteiger charge is -2.41. The summed E-state index contributed by atoms with van der Waals surface area (Å²) in [5.74, 6) is 0.441. The molecule has 3 aliphatic heterocycles. The number of carbonyl (C=O) groups excluding carboxylic acids is 1. The lowest BCUT2D eigenvalue weighted by molar-refractivity contribution is -0.137. The number of carbonyl (C=O) groups is 1. The van der Waals surface area contributed by atoms with Gasteiger partial charge < -0.3 is 29.2 Å². The van der Waals surface area contributed by atoms with Crippen LogP contribution >= 0.6 is 11.6 Å². The summed E-state index contributed by atoms with van der Waals surface area (Å²) in [6.07, 6.45) is 2.14. The van der Waals surface area contributed by atoms with Crippen LogP contribution in [0.5, 0.6) is 6.01 Å². The molecule has 9 nitrogen and oxygen atoms in total. The molecule has 1 saturated carbocycles. The molecular formula is C32H37ClF3N7O2. The van der Waals surface area contributed by atoms with Crippen LogP contribution < -0.4 is 14.5 Å². The van der Waals surface area contributed by atoms with E-state index in [0.717, 1.165) is 44.5 Å². The van der Waals surface area contributed by atoms with Crippen LogP contribution in [0.15, 0.2) is 30.9 Å². The molecular weight excluding hydrogens is 607 g/mol. The molecule has 0 bridgehead atoms. The lowest BCUT2D eigenvalue weighted by atomic mass is 10.0. The summed E-state index contributed by atoms with van der Waals surface area (Å²) in [5.41, 5.74) is 0.267. The van der Waals surface area contributed by atoms with Gasteiger partial charge in [0.25, 0.3) is 0 Å². The Bertz CT molecular complexity index is 1490. The Morgan fingerprint density at radius 2 is 1.93 bits per heavy atom. The van der Waals surface area contributed by atoms with E-state index in [1.807, 2.05) is 0 Å². The van der Waals surface area contributed by atoms with Gasteiger partial charge in [-0.2, -0.15) is 23.1 Å². The highest BCUT2D eigenvalue weighted by Crippen LogP contribution is 2.45. The first-order valence-electron chi connectivity index (χ1n) is 15.5. The second-order valence-electron chi connectivity index (χ2n) is 12.3. The van der Waals surface area contributed by atoms with Crippen LogP contribution in [0.4, 0.5) is 24.7 Å². The number of nitrogens with zero attached hydrogens (tertiary/aromatic N) is 7. The number of ether oxygens (including phenoxy) is 1. The number of likely N-dealkylation sites (tertiary alicyclic amines) is 1. The molecule has 0 N–H and O–H groups in total. The minimum Gasteiger partial charge on any atom is -0.457 e. The predicted octanol–water partition coefficient (Wildman–Crippen LogP) is 5.23. The SMILES string of the molecule is [C-]#[N+]CC1CN(c2nc(OC3(CCN4CCCC4)CC3)nc3c2CCN(c2cccc(Cl)c2C(F)(F)F)C3)CCN1C(=O)C=C. The van der Waals surface area contributed by atoms with Crippen molar-refractivity contribution >= 4 is 29.0 Å². The third kappa shape index (κ3) is 6.70. The number of halogens is 4. The second kappa shape index (κ2) is 12.7. The molecule has 1 atom stereocenters. The molecule has 0 radical (unpaired) electrons. The van der Waals surface area contributed by atoms with Gasteiger partial charge in [0.1, 0.15) is 17.5 Å². The molecule has 1 unspecified atom stereocenters. The van der Waals surface area contributed by atoms with Gasteiger partial charge in [-0.25, -0.2) is 6.57 Å². The van der Waals surface area contributed by atoms with E-state index < -0.39 is 11.7 Å². The van der Waals surface area contributed by atoms with Crippen LogP contribution in [-0.4, -0.2) is 89.7 Å². The number of alkyl halides is 3. The van der Waals surface area contributed by atoms with E-state index in [1.165, 1.54) is 37.1 Å². The van der Waals surface area contributed by atoms with E-state index >= 15 is 0 Å². The van der Waals surface area contributed by atoms with Crippen LogP contribution in [0, 0.1) is 6.57 Å². The molecule has 2 saturated heterocycles. The van der Waals surface area contributed by atoms with Crippen LogP contribution in [0.3, 0.4) is 0 Å². The van der Waals surface area contributed by atoms with Gasteiger partial charge in [-0.15, -0.1) is 0 Å². The highest BCUT2D eigenvalue weighted by Gasteiger charge is 2.47. The summed E-state index contributed by atoms with van der Waals surface area (Å²) in [7, 11) is 0. The van der Waals surface area contributed by atoms with Crippen molar-refractivity contribution in [2.45, 2.75) is 62.9 Å². The third-order valence-corrected chi connectivity index (χ3v) is 9.69. The zero-order valence-electron chi connectivity index (χ0n) is 25.2. The maximum Gasteiger partial charge on any atom is 0.419 e. The van der Waals surface area contributed by atoms with E-state index in [2.05, 4.69) is 21.2 Å². The van der Waals surface area contributed by atoms with E-state index in [4.69, 9.17) is 32.9 Å². The van der Waals surface area contributed by atoms with Crippen LogP contribution in [-0.2, 0) is 23.9 Å². The van der Waals surface area contributed by atoms with Crippen molar-refractivity contribution in [3.63, 3.8) is 0 Å². The highest BCUT2D eigenvalue weighted by molar-refractivity contribution is 6.31. The maximum atomic E-state index is 14.1. The van der Waals surface area contributed by atoms with Crippen LogP contribution in [0.1, 0.15) is 48.9 Å². The number of fused-ring (bicyclic) bond motifs is 1. The molecule has 13 heteroatoms. The van der Waals surface area contributed by atoms with E-state index in [9.17, 15) is 18.0 Å². The van der Waals surface area contributed by atoms with Crippen molar-refractivity contribution in [3.05, 3.63) is 64.1 Å².